The molecule has 0 radical (unpaired) electrons. The molecule has 0 bridgehead atoms. The van der Waals surface area contributed by atoms with E-state index in [4.69, 9.17) is 9.73 Å². The van der Waals surface area contributed by atoms with Crippen molar-refractivity contribution in [3.05, 3.63) is 130 Å². The molecule has 9 rings (SSSR count). The molecule has 2 heterocycles. The van der Waals surface area contributed by atoms with Gasteiger partial charge in [-0.25, -0.2) is 4.99 Å². The van der Waals surface area contributed by atoms with Crippen LogP contribution in [0.15, 0.2) is 96.0 Å². The van der Waals surface area contributed by atoms with Crippen molar-refractivity contribution in [1.29, 1.82) is 0 Å². The number of nitrogens with zero attached hydrogens (tertiary/aromatic N) is 2. The molecule has 3 aromatic carbocycles. The van der Waals surface area contributed by atoms with Crippen LogP contribution >= 0.6 is 0 Å². The zero-order chi connectivity index (χ0) is 27.2. The second-order valence-electron chi connectivity index (χ2n) is 12.7. The average Bonchev–Trinajstić information content (AvgIpc) is 3.49. The van der Waals surface area contributed by atoms with Gasteiger partial charge in [0, 0.05) is 28.0 Å². The van der Waals surface area contributed by atoms with Crippen molar-refractivity contribution in [1.82, 2.24) is 4.57 Å². The maximum absolute atomic E-state index is 6.97. The number of aromatic nitrogens is 1. The fourth-order valence-corrected chi connectivity index (χ4v) is 8.17. The van der Waals surface area contributed by atoms with Gasteiger partial charge >= 0.3 is 0 Å². The lowest BCUT2D eigenvalue weighted by molar-refractivity contribution is 0.0500. The zero-order valence-corrected chi connectivity index (χ0v) is 23.5. The number of ether oxygens (including phenoxy) is 1. The van der Waals surface area contributed by atoms with Crippen molar-refractivity contribution < 1.29 is 4.74 Å². The van der Waals surface area contributed by atoms with Gasteiger partial charge in [0.25, 0.3) is 0 Å². The molecule has 41 heavy (non-hydrogen) atoms. The molecule has 5 aliphatic rings. The minimum absolute atomic E-state index is 0.0861. The van der Waals surface area contributed by atoms with Gasteiger partial charge in [0.15, 0.2) is 0 Å². The molecule has 0 spiro atoms. The molecule has 1 saturated carbocycles. The van der Waals surface area contributed by atoms with Gasteiger partial charge in [-0.1, -0.05) is 78.9 Å². The number of hydrogen-bond donors (Lipinski definition) is 0. The Morgan fingerprint density at radius 2 is 1.78 bits per heavy atom. The quantitative estimate of drug-likeness (QED) is 0.191. The Kier molecular flexibility index (Phi) is 5.08. The monoisotopic (exact) mass is 534 g/mol. The van der Waals surface area contributed by atoms with Crippen LogP contribution in [0.3, 0.4) is 0 Å². The third-order valence-corrected chi connectivity index (χ3v) is 10.5. The summed E-state index contributed by atoms with van der Waals surface area (Å²) in [5, 5.41) is 1.32. The largest absolute Gasteiger partial charge is 0.365 e. The molecule has 2 fully saturated rings. The molecule has 5 atom stereocenters. The summed E-state index contributed by atoms with van der Waals surface area (Å²) in [7, 11) is 0. The Morgan fingerprint density at radius 3 is 2.56 bits per heavy atom. The number of aryl methyl sites for hydroxylation is 3. The third kappa shape index (κ3) is 3.45. The molecule has 0 N–H and O–H groups in total. The summed E-state index contributed by atoms with van der Waals surface area (Å²) in [5.41, 5.74) is 12.7. The molecule has 1 aromatic heterocycles. The summed E-state index contributed by atoms with van der Waals surface area (Å²) < 4.78 is 9.28. The molecule has 4 aromatic rings. The first-order valence-electron chi connectivity index (χ1n) is 15.3. The summed E-state index contributed by atoms with van der Waals surface area (Å²) in [4.78, 5) is 5.34. The molecule has 1 aliphatic heterocycles. The van der Waals surface area contributed by atoms with E-state index < -0.39 is 0 Å². The van der Waals surface area contributed by atoms with Crippen LogP contribution in [0.1, 0.15) is 64.4 Å². The van der Waals surface area contributed by atoms with Gasteiger partial charge in [0.05, 0.1) is 29.1 Å². The van der Waals surface area contributed by atoms with Crippen LogP contribution in [0.4, 0.5) is 0 Å². The highest BCUT2D eigenvalue weighted by atomic mass is 16.5. The lowest BCUT2D eigenvalue weighted by atomic mass is 9.65. The van der Waals surface area contributed by atoms with E-state index in [9.17, 15) is 0 Å². The highest BCUT2D eigenvalue weighted by Gasteiger charge is 2.50. The van der Waals surface area contributed by atoms with Crippen LogP contribution in [-0.4, -0.2) is 16.4 Å². The highest BCUT2D eigenvalue weighted by molar-refractivity contribution is 6.15. The molecule has 4 aliphatic carbocycles. The predicted octanol–water partition coefficient (Wildman–Crippen LogP) is 8.45. The first kappa shape index (κ1) is 23.7. The third-order valence-electron chi connectivity index (χ3n) is 10.5. The normalized spacial score (nSPS) is 27.1. The van der Waals surface area contributed by atoms with Gasteiger partial charge in [0.2, 0.25) is 0 Å². The zero-order valence-electron chi connectivity index (χ0n) is 23.5. The van der Waals surface area contributed by atoms with E-state index in [0.29, 0.717) is 11.8 Å². The molecule has 3 heteroatoms. The Labute approximate surface area is 241 Å². The standard InChI is InChI=1S/C38H34N2O/c1-22-8-6-7-11-29(22)37(24-9-4-3-5-10-24)39-23(2)40-33-17-16-30-31-18-25-13-15-28(25)21-35(31)41-38(30)36(33)32-19-26-12-14-27(26)20-34(32)40/h3-11,16-17,19-21,25,30-31,35,38H,2,12-15,18H2,1H3. The lowest BCUT2D eigenvalue weighted by Crippen LogP contribution is -2.32. The van der Waals surface area contributed by atoms with Crippen molar-refractivity contribution in [2.24, 2.45) is 22.7 Å². The van der Waals surface area contributed by atoms with E-state index in [-0.39, 0.29) is 12.2 Å². The van der Waals surface area contributed by atoms with Crippen molar-refractivity contribution in [2.45, 2.75) is 51.2 Å². The maximum Gasteiger partial charge on any atom is 0.131 e. The van der Waals surface area contributed by atoms with Gasteiger partial charge in [-0.15, -0.1) is 0 Å². The second kappa shape index (κ2) is 8.77. The van der Waals surface area contributed by atoms with Crippen LogP contribution < -0.4 is 0 Å². The molecule has 202 valence electrons. The van der Waals surface area contributed by atoms with Crippen molar-refractivity contribution in [2.75, 3.05) is 0 Å². The fourth-order valence-electron chi connectivity index (χ4n) is 8.17. The number of benzene rings is 3. The highest BCUT2D eigenvalue weighted by Crippen LogP contribution is 2.57. The average molecular weight is 535 g/mol. The van der Waals surface area contributed by atoms with Gasteiger partial charge in [-0.2, -0.15) is 0 Å². The van der Waals surface area contributed by atoms with Crippen molar-refractivity contribution in [3.63, 3.8) is 0 Å². The summed E-state index contributed by atoms with van der Waals surface area (Å²) in [5.74, 6) is 2.55. The van der Waals surface area contributed by atoms with Gasteiger partial charge in [-0.3, -0.25) is 4.57 Å². The summed E-state index contributed by atoms with van der Waals surface area (Å²) in [6.45, 7) is 6.78. The Balaban J connectivity index is 1.22. The van der Waals surface area contributed by atoms with E-state index in [1.165, 1.54) is 64.5 Å². The minimum Gasteiger partial charge on any atom is -0.365 e. The van der Waals surface area contributed by atoms with E-state index in [0.717, 1.165) is 35.0 Å². The molecule has 5 unspecified atom stereocenters. The molecular formula is C38H34N2O. The maximum atomic E-state index is 6.97. The Hall–Kier alpha value is -3.95. The Bertz CT molecular complexity index is 1850. The number of rotatable bonds is 4. The fraction of sp³-hybridized carbons (Fsp3) is 0.289. The summed E-state index contributed by atoms with van der Waals surface area (Å²) in [6.07, 6.45) is 13.8. The molecule has 0 amide bonds. The lowest BCUT2D eigenvalue weighted by Gasteiger charge is -2.39. The van der Waals surface area contributed by atoms with E-state index in [1.54, 1.807) is 5.57 Å². The number of hydrogen-bond acceptors (Lipinski definition) is 2. The first-order chi connectivity index (χ1) is 20.1. The van der Waals surface area contributed by atoms with Crippen LogP contribution in [0.2, 0.25) is 0 Å². The van der Waals surface area contributed by atoms with Crippen LogP contribution in [-0.2, 0) is 17.6 Å². The van der Waals surface area contributed by atoms with Gasteiger partial charge in [0.1, 0.15) is 5.82 Å². The molecule has 1 saturated heterocycles. The van der Waals surface area contributed by atoms with Crippen molar-refractivity contribution in [3.8, 4) is 0 Å². The van der Waals surface area contributed by atoms with Gasteiger partial charge in [-0.05, 0) is 85.8 Å². The topological polar surface area (TPSA) is 26.5 Å². The van der Waals surface area contributed by atoms with E-state index in [2.05, 4.69) is 103 Å². The van der Waals surface area contributed by atoms with Crippen LogP contribution in [0.5, 0.6) is 0 Å². The number of allylic oxidation sites excluding steroid dienone is 1. The summed E-state index contributed by atoms with van der Waals surface area (Å²) in [6, 6.07) is 23.9. The Morgan fingerprint density at radius 1 is 0.976 bits per heavy atom. The minimum atomic E-state index is 0.0861. The van der Waals surface area contributed by atoms with Crippen LogP contribution in [0.25, 0.3) is 22.8 Å². The molecule has 3 nitrogen and oxygen atoms in total. The van der Waals surface area contributed by atoms with E-state index >= 15 is 0 Å². The predicted molar refractivity (Wildman–Crippen MR) is 167 cm³/mol. The number of fused-ring (bicyclic) bond motifs is 9. The van der Waals surface area contributed by atoms with Crippen molar-refractivity contribution >= 4 is 28.5 Å². The summed E-state index contributed by atoms with van der Waals surface area (Å²) >= 11 is 0. The second-order valence-corrected chi connectivity index (χ2v) is 12.7. The smallest absolute Gasteiger partial charge is 0.131 e. The number of aliphatic imine (C=N–C) groups is 1. The van der Waals surface area contributed by atoms with Gasteiger partial charge < -0.3 is 4.74 Å². The first-order valence-corrected chi connectivity index (χ1v) is 15.3. The van der Waals surface area contributed by atoms with Crippen LogP contribution in [0, 0.1) is 24.7 Å². The van der Waals surface area contributed by atoms with E-state index in [1.807, 2.05) is 0 Å². The molecular weight excluding hydrogens is 500 g/mol. The SMILES string of the molecule is C=C(N=C(c1ccccc1)c1ccccc1C)n1c2c(c3cc4c(cc31)CC4)C1OC3C=C4CCC4CC3C1C=C2.